The number of aryl methyl sites for hydroxylation is 1. The fourth-order valence-electron chi connectivity index (χ4n) is 1.61. The van der Waals surface area contributed by atoms with Gasteiger partial charge in [0, 0.05) is 5.56 Å². The van der Waals surface area contributed by atoms with Gasteiger partial charge in [-0.2, -0.15) is 5.26 Å². The average molecular weight is 225 g/mol. The van der Waals surface area contributed by atoms with Crippen molar-refractivity contribution in [2.24, 2.45) is 0 Å². The molecule has 0 bridgehead atoms. The van der Waals surface area contributed by atoms with Crippen molar-refractivity contribution in [3.05, 3.63) is 34.4 Å². The summed E-state index contributed by atoms with van der Waals surface area (Å²) < 4.78 is 37.4. The van der Waals surface area contributed by atoms with Crippen LogP contribution in [-0.2, 0) is 9.47 Å². The van der Waals surface area contributed by atoms with Gasteiger partial charge in [-0.1, -0.05) is 0 Å². The molecule has 2 rings (SSSR count). The maximum absolute atomic E-state index is 13.7. The number of ether oxygens (including phenoxy) is 2. The Bertz CT molecular complexity index is 462. The normalized spacial score (nSPS) is 16.4. The third-order valence-electron chi connectivity index (χ3n) is 2.40. The van der Waals surface area contributed by atoms with Gasteiger partial charge in [-0.05, 0) is 18.6 Å². The summed E-state index contributed by atoms with van der Waals surface area (Å²) in [6.07, 6.45) is -0.841. The Morgan fingerprint density at radius 1 is 1.31 bits per heavy atom. The Hall–Kier alpha value is -1.51. The molecule has 1 heterocycles. The predicted molar refractivity (Wildman–Crippen MR) is 50.5 cm³/mol. The highest BCUT2D eigenvalue weighted by Gasteiger charge is 2.26. The van der Waals surface area contributed by atoms with Crippen LogP contribution in [0.5, 0.6) is 0 Å². The lowest BCUT2D eigenvalue weighted by Gasteiger charge is -2.12. The van der Waals surface area contributed by atoms with Crippen molar-refractivity contribution in [2.75, 3.05) is 13.2 Å². The molecule has 0 aliphatic carbocycles. The zero-order chi connectivity index (χ0) is 11.7. The van der Waals surface area contributed by atoms with E-state index in [0.717, 1.165) is 0 Å². The van der Waals surface area contributed by atoms with Crippen LogP contribution in [0.3, 0.4) is 0 Å². The van der Waals surface area contributed by atoms with E-state index in [-0.39, 0.29) is 11.1 Å². The number of nitrogens with zero attached hydrogens (tertiary/aromatic N) is 1. The lowest BCUT2D eigenvalue weighted by molar-refractivity contribution is -0.0466. The van der Waals surface area contributed by atoms with E-state index in [1.807, 2.05) is 0 Å². The molecule has 0 N–H and O–H groups in total. The van der Waals surface area contributed by atoms with E-state index in [0.29, 0.717) is 13.2 Å². The first-order chi connectivity index (χ1) is 7.65. The molecule has 0 saturated carbocycles. The molecule has 0 unspecified atom stereocenters. The van der Waals surface area contributed by atoms with E-state index in [1.165, 1.54) is 19.1 Å². The summed E-state index contributed by atoms with van der Waals surface area (Å²) in [6, 6.07) is 2.81. The van der Waals surface area contributed by atoms with Crippen LogP contribution in [0.1, 0.15) is 23.0 Å². The maximum Gasteiger partial charge on any atom is 0.186 e. The van der Waals surface area contributed by atoms with Gasteiger partial charge in [0.1, 0.15) is 17.4 Å². The van der Waals surface area contributed by atoms with Gasteiger partial charge in [0.15, 0.2) is 12.1 Å². The van der Waals surface area contributed by atoms with Crippen LogP contribution in [-0.4, -0.2) is 13.2 Å². The minimum atomic E-state index is -0.905. The van der Waals surface area contributed by atoms with Crippen LogP contribution >= 0.6 is 0 Å². The fraction of sp³-hybridized carbons (Fsp3) is 0.364. The standard InChI is InChI=1S/C11H9F2NO2/c1-6-4-7(11-15-2-3-16-11)10(13)8(5-14)9(6)12/h4,11H,2-3H2,1H3. The summed E-state index contributed by atoms with van der Waals surface area (Å²) >= 11 is 0. The van der Waals surface area contributed by atoms with Crippen molar-refractivity contribution in [1.82, 2.24) is 0 Å². The molecular formula is C11H9F2NO2. The fourth-order valence-corrected chi connectivity index (χ4v) is 1.61. The van der Waals surface area contributed by atoms with Crippen molar-refractivity contribution in [3.8, 4) is 6.07 Å². The topological polar surface area (TPSA) is 42.2 Å². The van der Waals surface area contributed by atoms with Gasteiger partial charge in [0.05, 0.1) is 13.2 Å². The molecule has 1 aromatic rings. The van der Waals surface area contributed by atoms with Crippen molar-refractivity contribution >= 4 is 0 Å². The van der Waals surface area contributed by atoms with Crippen molar-refractivity contribution < 1.29 is 18.3 Å². The molecule has 0 radical (unpaired) electrons. The molecule has 84 valence electrons. The molecule has 1 fully saturated rings. The second-order valence-electron chi connectivity index (χ2n) is 3.47. The smallest absolute Gasteiger partial charge is 0.186 e. The zero-order valence-electron chi connectivity index (χ0n) is 8.59. The Morgan fingerprint density at radius 2 is 1.94 bits per heavy atom. The molecule has 0 amide bonds. The Kier molecular flexibility index (Phi) is 2.86. The molecule has 3 nitrogen and oxygen atoms in total. The van der Waals surface area contributed by atoms with Gasteiger partial charge in [0.2, 0.25) is 0 Å². The van der Waals surface area contributed by atoms with Gasteiger partial charge in [0.25, 0.3) is 0 Å². The van der Waals surface area contributed by atoms with E-state index in [1.54, 1.807) is 0 Å². The SMILES string of the molecule is Cc1cc(C2OCCO2)c(F)c(C#N)c1F. The summed E-state index contributed by atoms with van der Waals surface area (Å²) in [6.45, 7) is 2.19. The first-order valence-corrected chi connectivity index (χ1v) is 4.77. The summed E-state index contributed by atoms with van der Waals surface area (Å²) in [5, 5.41) is 8.68. The van der Waals surface area contributed by atoms with Gasteiger partial charge >= 0.3 is 0 Å². The number of nitriles is 1. The van der Waals surface area contributed by atoms with E-state index >= 15 is 0 Å². The molecule has 0 aromatic heterocycles. The van der Waals surface area contributed by atoms with Crippen LogP contribution in [0.15, 0.2) is 6.07 Å². The molecule has 0 atom stereocenters. The van der Waals surface area contributed by atoms with Crippen molar-refractivity contribution in [1.29, 1.82) is 5.26 Å². The molecule has 16 heavy (non-hydrogen) atoms. The van der Waals surface area contributed by atoms with E-state index in [4.69, 9.17) is 14.7 Å². The Morgan fingerprint density at radius 3 is 2.50 bits per heavy atom. The highest BCUT2D eigenvalue weighted by molar-refractivity contribution is 5.41. The summed E-state index contributed by atoms with van der Waals surface area (Å²) in [4.78, 5) is 0. The molecular weight excluding hydrogens is 216 g/mol. The van der Waals surface area contributed by atoms with Crippen molar-refractivity contribution in [2.45, 2.75) is 13.2 Å². The molecule has 5 heteroatoms. The first-order valence-electron chi connectivity index (χ1n) is 4.77. The van der Waals surface area contributed by atoms with E-state index in [2.05, 4.69) is 0 Å². The first kappa shape index (κ1) is 11.0. The van der Waals surface area contributed by atoms with E-state index < -0.39 is 23.5 Å². The quantitative estimate of drug-likeness (QED) is 0.735. The van der Waals surface area contributed by atoms with Crippen LogP contribution in [0.2, 0.25) is 0 Å². The van der Waals surface area contributed by atoms with Crippen LogP contribution in [0.4, 0.5) is 8.78 Å². The zero-order valence-corrected chi connectivity index (χ0v) is 8.59. The number of hydrogen-bond acceptors (Lipinski definition) is 3. The average Bonchev–Trinajstić information content (AvgIpc) is 2.77. The summed E-state index contributed by atoms with van der Waals surface area (Å²) in [7, 11) is 0. The number of halogens is 2. The number of hydrogen-bond donors (Lipinski definition) is 0. The monoisotopic (exact) mass is 225 g/mol. The number of benzene rings is 1. The molecule has 1 aliphatic heterocycles. The highest BCUT2D eigenvalue weighted by atomic mass is 19.1. The minimum absolute atomic E-state index is 0.0768. The summed E-state index contributed by atoms with van der Waals surface area (Å²) in [5.74, 6) is -1.74. The third kappa shape index (κ3) is 1.66. The second-order valence-corrected chi connectivity index (χ2v) is 3.47. The van der Waals surface area contributed by atoms with E-state index in [9.17, 15) is 8.78 Å². The number of rotatable bonds is 1. The predicted octanol–water partition coefficient (Wildman–Crippen LogP) is 2.19. The van der Waals surface area contributed by atoms with Crippen molar-refractivity contribution in [3.63, 3.8) is 0 Å². The maximum atomic E-state index is 13.7. The Labute approximate surface area is 91.2 Å². The van der Waals surface area contributed by atoms with Gasteiger partial charge in [-0.25, -0.2) is 8.78 Å². The minimum Gasteiger partial charge on any atom is -0.346 e. The molecule has 1 saturated heterocycles. The highest BCUT2D eigenvalue weighted by Crippen LogP contribution is 2.29. The van der Waals surface area contributed by atoms with Crippen LogP contribution < -0.4 is 0 Å². The lowest BCUT2D eigenvalue weighted by atomic mass is 10.0. The second kappa shape index (κ2) is 4.16. The Balaban J connectivity index is 2.54. The van der Waals surface area contributed by atoms with Gasteiger partial charge in [-0.3, -0.25) is 0 Å². The molecule has 0 spiro atoms. The third-order valence-corrected chi connectivity index (χ3v) is 2.40. The molecule has 1 aliphatic rings. The summed E-state index contributed by atoms with van der Waals surface area (Å²) in [5.41, 5.74) is -0.311. The molecule has 1 aromatic carbocycles. The van der Waals surface area contributed by atoms with Gasteiger partial charge < -0.3 is 9.47 Å². The van der Waals surface area contributed by atoms with Crippen LogP contribution in [0.25, 0.3) is 0 Å². The van der Waals surface area contributed by atoms with Crippen LogP contribution in [0, 0.1) is 29.9 Å². The lowest BCUT2D eigenvalue weighted by Crippen LogP contribution is -2.06. The largest absolute Gasteiger partial charge is 0.346 e. The van der Waals surface area contributed by atoms with Gasteiger partial charge in [-0.15, -0.1) is 0 Å².